The van der Waals surface area contributed by atoms with Gasteiger partial charge in [0.15, 0.2) is 11.6 Å². The summed E-state index contributed by atoms with van der Waals surface area (Å²) in [5.74, 6) is 0.139. The van der Waals surface area contributed by atoms with E-state index < -0.39 is 5.69 Å². The van der Waals surface area contributed by atoms with Crippen LogP contribution in [0, 0.1) is 0 Å². The molecular weight excluding hydrogens is 401 g/mol. The molecule has 2 heterocycles. The molecule has 0 unspecified atom stereocenters. The molecule has 9 heteroatoms. The predicted molar refractivity (Wildman–Crippen MR) is 86.9 cm³/mol. The Hall–Kier alpha value is -1.28. The van der Waals surface area contributed by atoms with E-state index in [2.05, 4.69) is 26.0 Å². The Kier molecular flexibility index (Phi) is 3.83. The van der Waals surface area contributed by atoms with Crippen LogP contribution in [0.15, 0.2) is 32.8 Å². The van der Waals surface area contributed by atoms with Gasteiger partial charge in [0.25, 0.3) is 0 Å². The van der Waals surface area contributed by atoms with Gasteiger partial charge in [0, 0.05) is 5.02 Å². The Labute approximate surface area is 140 Å². The lowest BCUT2D eigenvalue weighted by molar-refractivity contribution is 0.470. The second-order valence-electron chi connectivity index (χ2n) is 4.05. The third kappa shape index (κ3) is 2.74. The van der Waals surface area contributed by atoms with Gasteiger partial charge in [-0.05, 0) is 40.2 Å². The van der Waals surface area contributed by atoms with Crippen LogP contribution in [0.4, 0.5) is 0 Å². The molecule has 0 amide bonds. The SMILES string of the molecule is O=c1[nH]c(-c2ccc(Br)s2)nn1-c1cc(Cl)cc(Cl)c1O. The number of H-pyrrole nitrogens is 1. The monoisotopic (exact) mass is 405 g/mol. The number of rotatable bonds is 2. The van der Waals surface area contributed by atoms with Gasteiger partial charge in [-0.25, -0.2) is 4.79 Å². The molecule has 0 aliphatic rings. The fraction of sp³-hybridized carbons (Fsp3) is 0. The highest BCUT2D eigenvalue weighted by atomic mass is 79.9. The van der Waals surface area contributed by atoms with E-state index in [9.17, 15) is 9.90 Å². The number of nitrogens with zero attached hydrogens (tertiary/aromatic N) is 2. The van der Waals surface area contributed by atoms with Gasteiger partial charge in [-0.1, -0.05) is 23.2 Å². The first-order valence-electron chi connectivity index (χ1n) is 5.59. The van der Waals surface area contributed by atoms with Crippen LogP contribution < -0.4 is 5.69 Å². The third-order valence-corrected chi connectivity index (χ3v) is 4.80. The largest absolute Gasteiger partial charge is 0.504 e. The summed E-state index contributed by atoms with van der Waals surface area (Å²) in [6.45, 7) is 0. The van der Waals surface area contributed by atoms with Gasteiger partial charge in [-0.15, -0.1) is 16.4 Å². The van der Waals surface area contributed by atoms with Crippen LogP contribution in [0.2, 0.25) is 10.0 Å². The molecule has 0 fully saturated rings. The van der Waals surface area contributed by atoms with Crippen molar-refractivity contribution in [3.63, 3.8) is 0 Å². The molecule has 0 saturated carbocycles. The number of nitrogens with one attached hydrogen (secondary N) is 1. The average Bonchev–Trinajstić information content (AvgIpc) is 3.00. The van der Waals surface area contributed by atoms with Gasteiger partial charge >= 0.3 is 5.69 Å². The van der Waals surface area contributed by atoms with Gasteiger partial charge in [-0.2, -0.15) is 4.68 Å². The summed E-state index contributed by atoms with van der Waals surface area (Å²) < 4.78 is 1.94. The second kappa shape index (κ2) is 5.49. The first kappa shape index (κ1) is 14.6. The number of phenolic OH excluding ortho intramolecular Hbond substituents is 1. The van der Waals surface area contributed by atoms with Crippen molar-refractivity contribution in [1.82, 2.24) is 14.8 Å². The molecule has 5 nitrogen and oxygen atoms in total. The van der Waals surface area contributed by atoms with Crippen molar-refractivity contribution in [2.24, 2.45) is 0 Å². The van der Waals surface area contributed by atoms with Crippen molar-refractivity contribution >= 4 is 50.5 Å². The van der Waals surface area contributed by atoms with Crippen LogP contribution in [0.5, 0.6) is 5.75 Å². The van der Waals surface area contributed by atoms with Crippen molar-refractivity contribution in [2.45, 2.75) is 0 Å². The quantitative estimate of drug-likeness (QED) is 0.673. The lowest BCUT2D eigenvalue weighted by Gasteiger charge is -2.05. The average molecular weight is 407 g/mol. The van der Waals surface area contributed by atoms with Crippen molar-refractivity contribution in [2.75, 3.05) is 0 Å². The van der Waals surface area contributed by atoms with Gasteiger partial charge in [0.2, 0.25) is 0 Å². The molecule has 0 saturated heterocycles. The molecule has 108 valence electrons. The summed E-state index contributed by atoms with van der Waals surface area (Å²) in [6, 6.07) is 6.48. The minimum atomic E-state index is -0.497. The molecule has 0 spiro atoms. The summed E-state index contributed by atoms with van der Waals surface area (Å²) >= 11 is 16.5. The van der Waals surface area contributed by atoms with Gasteiger partial charge in [0.1, 0.15) is 5.69 Å². The Morgan fingerprint density at radius 1 is 1.33 bits per heavy atom. The molecular formula is C12H6BrCl2N3O2S. The predicted octanol–water partition coefficient (Wildman–Crippen LogP) is 4.06. The Morgan fingerprint density at radius 2 is 2.10 bits per heavy atom. The Balaban J connectivity index is 2.17. The van der Waals surface area contributed by atoms with E-state index in [0.29, 0.717) is 10.8 Å². The fourth-order valence-corrected chi connectivity index (χ4v) is 3.56. The fourth-order valence-electron chi connectivity index (χ4n) is 1.75. The third-order valence-electron chi connectivity index (χ3n) is 2.66. The van der Waals surface area contributed by atoms with E-state index in [1.165, 1.54) is 23.5 Å². The molecule has 0 aliphatic carbocycles. The Bertz CT molecular complexity index is 887. The van der Waals surface area contributed by atoms with Crippen LogP contribution >= 0.6 is 50.5 Å². The molecule has 3 aromatic rings. The van der Waals surface area contributed by atoms with E-state index in [4.69, 9.17) is 23.2 Å². The van der Waals surface area contributed by atoms with Gasteiger partial charge in [-0.3, -0.25) is 4.98 Å². The molecule has 0 atom stereocenters. The van der Waals surface area contributed by atoms with Crippen molar-refractivity contribution in [3.05, 3.63) is 48.6 Å². The minimum Gasteiger partial charge on any atom is -0.504 e. The smallest absolute Gasteiger partial charge is 0.348 e. The summed E-state index contributed by atoms with van der Waals surface area (Å²) in [5, 5.41) is 14.5. The highest BCUT2D eigenvalue weighted by Gasteiger charge is 2.16. The maximum atomic E-state index is 12.0. The summed E-state index contributed by atoms with van der Waals surface area (Å²) in [6.07, 6.45) is 0. The topological polar surface area (TPSA) is 70.9 Å². The zero-order valence-electron chi connectivity index (χ0n) is 10.1. The number of hydrogen-bond donors (Lipinski definition) is 2. The van der Waals surface area contributed by atoms with Crippen LogP contribution in [0.25, 0.3) is 16.4 Å². The first-order chi connectivity index (χ1) is 9.95. The highest BCUT2D eigenvalue weighted by Crippen LogP contribution is 2.33. The molecule has 0 bridgehead atoms. The molecule has 1 aromatic carbocycles. The van der Waals surface area contributed by atoms with Crippen molar-refractivity contribution in [3.8, 4) is 22.1 Å². The number of phenols is 1. The summed E-state index contributed by atoms with van der Waals surface area (Å²) in [4.78, 5) is 15.4. The van der Waals surface area contributed by atoms with Gasteiger partial charge in [0.05, 0.1) is 13.7 Å². The number of aromatic nitrogens is 3. The van der Waals surface area contributed by atoms with E-state index >= 15 is 0 Å². The zero-order chi connectivity index (χ0) is 15.1. The van der Waals surface area contributed by atoms with Crippen LogP contribution in [0.3, 0.4) is 0 Å². The number of halogens is 3. The van der Waals surface area contributed by atoms with Crippen LogP contribution in [-0.2, 0) is 0 Å². The molecule has 0 aliphatic heterocycles. The maximum Gasteiger partial charge on any atom is 0.348 e. The number of hydrogen-bond acceptors (Lipinski definition) is 4. The molecule has 2 N–H and O–H groups in total. The highest BCUT2D eigenvalue weighted by molar-refractivity contribution is 9.11. The van der Waals surface area contributed by atoms with Crippen LogP contribution in [-0.4, -0.2) is 19.9 Å². The minimum absolute atomic E-state index is 0.0489. The van der Waals surface area contributed by atoms with E-state index in [1.807, 2.05) is 12.1 Å². The standard InChI is InChI=1S/C12H6BrCl2N3O2S/c13-9-2-1-8(21-9)11-16-12(20)18(17-11)7-4-5(14)3-6(15)10(7)19/h1-4,19H,(H,16,17,20). The van der Waals surface area contributed by atoms with E-state index in [1.54, 1.807) is 0 Å². The van der Waals surface area contributed by atoms with Crippen molar-refractivity contribution < 1.29 is 5.11 Å². The number of aromatic hydroxyl groups is 1. The lowest BCUT2D eigenvalue weighted by Crippen LogP contribution is -2.16. The summed E-state index contributed by atoms with van der Waals surface area (Å²) in [5.41, 5.74) is -0.376. The number of benzene rings is 1. The molecule has 21 heavy (non-hydrogen) atoms. The normalized spacial score (nSPS) is 11.0. The first-order valence-corrected chi connectivity index (χ1v) is 7.95. The van der Waals surface area contributed by atoms with E-state index in [-0.39, 0.29) is 16.5 Å². The van der Waals surface area contributed by atoms with Crippen LogP contribution in [0.1, 0.15) is 0 Å². The van der Waals surface area contributed by atoms with Gasteiger partial charge < -0.3 is 5.11 Å². The number of thiophene rings is 1. The Morgan fingerprint density at radius 3 is 2.76 bits per heavy atom. The second-order valence-corrected chi connectivity index (χ2v) is 7.36. The summed E-state index contributed by atoms with van der Waals surface area (Å²) in [7, 11) is 0. The lowest BCUT2D eigenvalue weighted by atomic mass is 10.3. The molecule has 0 radical (unpaired) electrons. The van der Waals surface area contributed by atoms with E-state index in [0.717, 1.165) is 13.3 Å². The maximum absolute atomic E-state index is 12.0. The van der Waals surface area contributed by atoms with Crippen molar-refractivity contribution in [1.29, 1.82) is 0 Å². The zero-order valence-corrected chi connectivity index (χ0v) is 14.0. The number of aromatic amines is 1. The molecule has 3 rings (SSSR count). The molecule has 2 aromatic heterocycles.